The molecule has 1 aromatic carbocycles. The van der Waals surface area contributed by atoms with Crippen molar-refractivity contribution in [3.8, 4) is 0 Å². The standard InChI is InChI=1S/C24H30N8/c1-29-9-11-30(12-10-29)15-18-3-2-4-20(13-18)31-16-23-25-7-8-32(23)24(17-31)26-22-14-21(27-28-22)19-5-6-19/h2-4,7-8,13-14,19H,5-6,9-12,15-17H2,1H3,(H,27,28). The molecule has 8 nitrogen and oxygen atoms in total. The number of nitrogens with zero attached hydrogens (tertiary/aromatic N) is 7. The molecule has 1 N–H and O–H groups in total. The zero-order valence-electron chi connectivity index (χ0n) is 18.6. The fourth-order valence-electron chi connectivity index (χ4n) is 4.67. The molecule has 6 rings (SSSR count). The number of aliphatic imine (C=N–C) groups is 1. The summed E-state index contributed by atoms with van der Waals surface area (Å²) in [6, 6.07) is 11.0. The largest absolute Gasteiger partial charge is 0.357 e. The molecular formula is C24H30N8. The molecule has 166 valence electrons. The Morgan fingerprint density at radius 3 is 2.81 bits per heavy atom. The van der Waals surface area contributed by atoms with Crippen LogP contribution in [0.3, 0.4) is 0 Å². The molecule has 3 aromatic rings. The minimum absolute atomic E-state index is 0.645. The highest BCUT2D eigenvalue weighted by Crippen LogP contribution is 2.39. The van der Waals surface area contributed by atoms with Gasteiger partial charge in [0.25, 0.3) is 0 Å². The van der Waals surface area contributed by atoms with Crippen molar-refractivity contribution in [2.24, 2.45) is 4.99 Å². The van der Waals surface area contributed by atoms with Crippen LogP contribution in [0.4, 0.5) is 11.5 Å². The van der Waals surface area contributed by atoms with Crippen LogP contribution < -0.4 is 4.90 Å². The Bertz CT molecular complexity index is 1120. The summed E-state index contributed by atoms with van der Waals surface area (Å²) in [5, 5.41) is 7.60. The number of hydrogen-bond acceptors (Lipinski definition) is 6. The Hall–Kier alpha value is -2.97. The molecule has 8 heteroatoms. The maximum absolute atomic E-state index is 4.90. The molecule has 2 fully saturated rings. The summed E-state index contributed by atoms with van der Waals surface area (Å²) in [4.78, 5) is 16.8. The van der Waals surface area contributed by atoms with Crippen molar-refractivity contribution in [2.75, 3.05) is 44.7 Å². The molecule has 3 aliphatic rings. The van der Waals surface area contributed by atoms with Gasteiger partial charge < -0.3 is 9.80 Å². The lowest BCUT2D eigenvalue weighted by Gasteiger charge is -2.33. The van der Waals surface area contributed by atoms with E-state index < -0.39 is 0 Å². The molecule has 4 heterocycles. The van der Waals surface area contributed by atoms with Gasteiger partial charge in [-0.3, -0.25) is 14.6 Å². The highest BCUT2D eigenvalue weighted by molar-refractivity contribution is 5.92. The number of imidazole rings is 1. The number of likely N-dealkylation sites (N-methyl/N-ethyl adjacent to an activating group) is 1. The number of aromatic nitrogens is 4. The lowest BCUT2D eigenvalue weighted by atomic mass is 10.1. The fourth-order valence-corrected chi connectivity index (χ4v) is 4.67. The van der Waals surface area contributed by atoms with E-state index in [2.05, 4.69) is 71.8 Å². The summed E-state index contributed by atoms with van der Waals surface area (Å²) in [6.45, 7) is 7.05. The van der Waals surface area contributed by atoms with Gasteiger partial charge in [-0.1, -0.05) is 12.1 Å². The Balaban J connectivity index is 1.23. The predicted molar refractivity (Wildman–Crippen MR) is 126 cm³/mol. The summed E-state index contributed by atoms with van der Waals surface area (Å²) in [5.41, 5.74) is 3.79. The van der Waals surface area contributed by atoms with Crippen molar-refractivity contribution >= 4 is 17.3 Å². The van der Waals surface area contributed by atoms with Gasteiger partial charge in [-0.2, -0.15) is 5.10 Å². The Labute approximate surface area is 188 Å². The maximum Gasteiger partial charge on any atom is 0.175 e. The number of benzene rings is 1. The van der Waals surface area contributed by atoms with E-state index in [1.54, 1.807) is 0 Å². The highest BCUT2D eigenvalue weighted by atomic mass is 15.3. The van der Waals surface area contributed by atoms with E-state index in [4.69, 9.17) is 4.99 Å². The van der Waals surface area contributed by atoms with E-state index in [0.29, 0.717) is 5.92 Å². The molecule has 0 radical (unpaired) electrons. The molecule has 0 atom stereocenters. The van der Waals surface area contributed by atoms with Crippen LogP contribution >= 0.6 is 0 Å². The number of hydrogen-bond donors (Lipinski definition) is 1. The van der Waals surface area contributed by atoms with Gasteiger partial charge in [0.2, 0.25) is 0 Å². The molecule has 1 aliphatic carbocycles. The van der Waals surface area contributed by atoms with Crippen LogP contribution in [-0.2, 0) is 13.1 Å². The van der Waals surface area contributed by atoms with Crippen LogP contribution in [0.1, 0.15) is 35.8 Å². The fraction of sp³-hybridized carbons (Fsp3) is 0.458. The quantitative estimate of drug-likeness (QED) is 0.674. The monoisotopic (exact) mass is 430 g/mol. The highest BCUT2D eigenvalue weighted by Gasteiger charge is 2.26. The smallest absolute Gasteiger partial charge is 0.175 e. The van der Waals surface area contributed by atoms with Crippen LogP contribution in [0.2, 0.25) is 0 Å². The molecule has 1 saturated heterocycles. The van der Waals surface area contributed by atoms with Crippen molar-refractivity contribution in [1.82, 2.24) is 29.5 Å². The molecule has 2 aromatic heterocycles. The van der Waals surface area contributed by atoms with E-state index in [-0.39, 0.29) is 0 Å². The van der Waals surface area contributed by atoms with Crippen molar-refractivity contribution < 1.29 is 0 Å². The van der Waals surface area contributed by atoms with Crippen LogP contribution in [0.25, 0.3) is 0 Å². The van der Waals surface area contributed by atoms with Crippen LogP contribution in [0, 0.1) is 0 Å². The predicted octanol–water partition coefficient (Wildman–Crippen LogP) is 2.83. The molecule has 32 heavy (non-hydrogen) atoms. The molecule has 0 bridgehead atoms. The van der Waals surface area contributed by atoms with E-state index in [1.165, 1.54) is 29.8 Å². The van der Waals surface area contributed by atoms with Gasteiger partial charge in [0, 0.05) is 68.5 Å². The molecule has 0 spiro atoms. The minimum Gasteiger partial charge on any atom is -0.357 e. The van der Waals surface area contributed by atoms with Gasteiger partial charge >= 0.3 is 0 Å². The van der Waals surface area contributed by atoms with E-state index in [0.717, 1.165) is 63.3 Å². The van der Waals surface area contributed by atoms with Gasteiger partial charge in [0.1, 0.15) is 11.7 Å². The average Bonchev–Trinajstić information content (AvgIpc) is 3.35. The molecule has 1 saturated carbocycles. The number of fused-ring (bicyclic) bond motifs is 1. The third kappa shape index (κ3) is 4.08. The molecule has 0 unspecified atom stereocenters. The number of nitrogens with one attached hydrogen (secondary N) is 1. The first-order valence-corrected chi connectivity index (χ1v) is 11.6. The zero-order valence-corrected chi connectivity index (χ0v) is 18.6. The lowest BCUT2D eigenvalue weighted by molar-refractivity contribution is 0.148. The number of piperazine rings is 1. The van der Waals surface area contributed by atoms with Crippen molar-refractivity contribution in [3.05, 3.63) is 59.8 Å². The normalized spacial score (nSPS) is 21.3. The van der Waals surface area contributed by atoms with Gasteiger partial charge in [0.15, 0.2) is 5.82 Å². The molecule has 2 aliphatic heterocycles. The van der Waals surface area contributed by atoms with E-state index in [9.17, 15) is 0 Å². The van der Waals surface area contributed by atoms with Gasteiger partial charge in [0.05, 0.1) is 13.1 Å². The molecule has 0 amide bonds. The second kappa shape index (κ2) is 8.18. The third-order valence-corrected chi connectivity index (χ3v) is 6.78. The summed E-state index contributed by atoms with van der Waals surface area (Å²) in [6.07, 6.45) is 6.37. The summed E-state index contributed by atoms with van der Waals surface area (Å²) >= 11 is 0. The Morgan fingerprint density at radius 2 is 1.97 bits per heavy atom. The van der Waals surface area contributed by atoms with Crippen LogP contribution in [0.5, 0.6) is 0 Å². The first kappa shape index (κ1) is 19.7. The Morgan fingerprint density at radius 1 is 1.09 bits per heavy atom. The third-order valence-electron chi connectivity index (χ3n) is 6.78. The van der Waals surface area contributed by atoms with E-state index >= 15 is 0 Å². The number of anilines is 1. The number of H-pyrrole nitrogens is 1. The molecular weight excluding hydrogens is 400 g/mol. The van der Waals surface area contributed by atoms with Crippen molar-refractivity contribution in [3.63, 3.8) is 0 Å². The topological polar surface area (TPSA) is 68.6 Å². The van der Waals surface area contributed by atoms with E-state index in [1.807, 2.05) is 12.4 Å². The number of aromatic amines is 1. The van der Waals surface area contributed by atoms with Crippen LogP contribution in [-0.4, -0.2) is 75.2 Å². The minimum atomic E-state index is 0.645. The summed E-state index contributed by atoms with van der Waals surface area (Å²) < 4.78 is 2.11. The second-order valence-corrected chi connectivity index (χ2v) is 9.30. The summed E-state index contributed by atoms with van der Waals surface area (Å²) in [7, 11) is 2.20. The van der Waals surface area contributed by atoms with Gasteiger partial charge in [-0.15, -0.1) is 0 Å². The average molecular weight is 431 g/mol. The first-order chi connectivity index (χ1) is 15.7. The van der Waals surface area contributed by atoms with Crippen LogP contribution in [0.15, 0.2) is 47.7 Å². The maximum atomic E-state index is 4.90. The SMILES string of the molecule is CN1CCN(Cc2cccc(N3CC(=Nc4cc(C5CC5)[nH]n4)n4ccnc4C3)c2)CC1. The summed E-state index contributed by atoms with van der Waals surface area (Å²) in [5.74, 6) is 3.37. The lowest BCUT2D eigenvalue weighted by Crippen LogP contribution is -2.43. The number of rotatable bonds is 5. The van der Waals surface area contributed by atoms with Gasteiger partial charge in [-0.25, -0.2) is 9.98 Å². The Kier molecular flexibility index (Phi) is 5.04. The second-order valence-electron chi connectivity index (χ2n) is 9.30. The van der Waals surface area contributed by atoms with Crippen molar-refractivity contribution in [1.29, 1.82) is 0 Å². The van der Waals surface area contributed by atoms with Gasteiger partial charge in [-0.05, 0) is 37.6 Å². The van der Waals surface area contributed by atoms with Crippen molar-refractivity contribution in [2.45, 2.75) is 31.8 Å². The zero-order chi connectivity index (χ0) is 21.5. The first-order valence-electron chi connectivity index (χ1n) is 11.6.